The number of ether oxygens (including phenoxy) is 1. The van der Waals surface area contributed by atoms with E-state index in [1.807, 2.05) is 6.92 Å². The highest BCUT2D eigenvalue weighted by Gasteiger charge is 2.11. The van der Waals surface area contributed by atoms with Crippen LogP contribution in [0, 0.1) is 5.82 Å². The molecule has 0 aliphatic rings. The van der Waals surface area contributed by atoms with Crippen LogP contribution in [-0.4, -0.2) is 19.6 Å². The summed E-state index contributed by atoms with van der Waals surface area (Å²) in [7, 11) is 1.81. The van der Waals surface area contributed by atoms with Crippen molar-refractivity contribution in [3.63, 3.8) is 0 Å². The molecule has 0 aromatic heterocycles. The second kappa shape index (κ2) is 6.20. The van der Waals surface area contributed by atoms with Gasteiger partial charge in [-0.2, -0.15) is 0 Å². The monoisotopic (exact) mass is 240 g/mol. The first-order valence-corrected chi connectivity index (χ1v) is 5.42. The van der Waals surface area contributed by atoms with Crippen LogP contribution in [0.5, 0.6) is 5.75 Å². The number of benzene rings is 1. The average molecular weight is 240 g/mol. The zero-order valence-electron chi connectivity index (χ0n) is 10.00. The van der Waals surface area contributed by atoms with Crippen molar-refractivity contribution >= 4 is 5.91 Å². The fourth-order valence-electron chi connectivity index (χ4n) is 1.41. The molecule has 3 N–H and O–H groups in total. The molecule has 0 aliphatic heterocycles. The van der Waals surface area contributed by atoms with Crippen LogP contribution >= 0.6 is 0 Å². The summed E-state index contributed by atoms with van der Waals surface area (Å²) >= 11 is 0. The number of hydrogen-bond acceptors (Lipinski definition) is 3. The largest absolute Gasteiger partial charge is 0.493 e. The van der Waals surface area contributed by atoms with Crippen molar-refractivity contribution in [3.05, 3.63) is 29.6 Å². The second-order valence-corrected chi connectivity index (χ2v) is 3.76. The van der Waals surface area contributed by atoms with Gasteiger partial charge in [-0.3, -0.25) is 4.79 Å². The molecule has 1 amide bonds. The molecule has 17 heavy (non-hydrogen) atoms. The van der Waals surface area contributed by atoms with E-state index in [1.54, 1.807) is 13.1 Å². The molecule has 0 saturated carbocycles. The maximum Gasteiger partial charge on any atom is 0.220 e. The van der Waals surface area contributed by atoms with Crippen LogP contribution in [0.1, 0.15) is 24.9 Å². The fourth-order valence-corrected chi connectivity index (χ4v) is 1.41. The zero-order chi connectivity index (χ0) is 12.8. The van der Waals surface area contributed by atoms with Crippen LogP contribution in [-0.2, 0) is 4.79 Å². The summed E-state index contributed by atoms with van der Waals surface area (Å²) in [4.78, 5) is 10.6. The van der Waals surface area contributed by atoms with Crippen LogP contribution in [0.3, 0.4) is 0 Å². The van der Waals surface area contributed by atoms with Gasteiger partial charge >= 0.3 is 0 Å². The van der Waals surface area contributed by atoms with Gasteiger partial charge in [-0.1, -0.05) is 6.07 Å². The van der Waals surface area contributed by atoms with E-state index < -0.39 is 5.91 Å². The minimum Gasteiger partial charge on any atom is -0.493 e. The molecule has 94 valence electrons. The van der Waals surface area contributed by atoms with Gasteiger partial charge in [0.15, 0.2) is 0 Å². The van der Waals surface area contributed by atoms with E-state index in [-0.39, 0.29) is 24.9 Å². The Kier molecular flexibility index (Phi) is 4.90. The number of primary amides is 1. The van der Waals surface area contributed by atoms with E-state index >= 15 is 0 Å². The maximum atomic E-state index is 13.1. The molecular weight excluding hydrogens is 223 g/mol. The first kappa shape index (κ1) is 13.4. The number of halogens is 1. The summed E-state index contributed by atoms with van der Waals surface area (Å²) in [6.45, 7) is 2.09. The Morgan fingerprint density at radius 3 is 2.88 bits per heavy atom. The van der Waals surface area contributed by atoms with E-state index in [0.29, 0.717) is 5.75 Å². The standard InChI is InChI=1S/C12H17FN2O2/c1-8(15-2)10-4-3-9(13)7-11(10)17-6-5-12(14)16/h3-4,7-8,15H,5-6H2,1-2H3,(H2,14,16). The molecule has 0 spiro atoms. The summed E-state index contributed by atoms with van der Waals surface area (Å²) in [6, 6.07) is 4.39. The van der Waals surface area contributed by atoms with Crippen molar-refractivity contribution in [2.45, 2.75) is 19.4 Å². The number of hydrogen-bond donors (Lipinski definition) is 2. The lowest BCUT2D eigenvalue weighted by Crippen LogP contribution is -2.17. The molecule has 1 aromatic carbocycles. The van der Waals surface area contributed by atoms with Crippen molar-refractivity contribution in [1.82, 2.24) is 5.32 Å². The SMILES string of the molecule is CNC(C)c1ccc(F)cc1OCCC(N)=O. The van der Waals surface area contributed by atoms with Gasteiger partial charge in [-0.15, -0.1) is 0 Å². The zero-order valence-corrected chi connectivity index (χ0v) is 10.00. The van der Waals surface area contributed by atoms with Crippen LogP contribution in [0.2, 0.25) is 0 Å². The van der Waals surface area contributed by atoms with Crippen LogP contribution in [0.25, 0.3) is 0 Å². The van der Waals surface area contributed by atoms with Gasteiger partial charge in [0.25, 0.3) is 0 Å². The number of rotatable bonds is 6. The van der Waals surface area contributed by atoms with E-state index in [1.165, 1.54) is 12.1 Å². The van der Waals surface area contributed by atoms with Gasteiger partial charge in [0.1, 0.15) is 11.6 Å². The van der Waals surface area contributed by atoms with Crippen molar-refractivity contribution in [2.75, 3.05) is 13.7 Å². The lowest BCUT2D eigenvalue weighted by Gasteiger charge is -2.16. The lowest BCUT2D eigenvalue weighted by molar-refractivity contribution is -0.118. The molecule has 5 heteroatoms. The number of carbonyl (C=O) groups is 1. The van der Waals surface area contributed by atoms with Crippen molar-refractivity contribution < 1.29 is 13.9 Å². The molecule has 1 rings (SSSR count). The van der Waals surface area contributed by atoms with E-state index in [4.69, 9.17) is 10.5 Å². The Bertz CT molecular complexity index is 396. The quantitative estimate of drug-likeness (QED) is 0.789. The molecular formula is C12H17FN2O2. The predicted octanol–water partition coefficient (Wildman–Crippen LogP) is 1.36. The molecule has 0 saturated heterocycles. The van der Waals surface area contributed by atoms with Gasteiger partial charge in [-0.25, -0.2) is 4.39 Å². The molecule has 1 unspecified atom stereocenters. The van der Waals surface area contributed by atoms with Crippen molar-refractivity contribution in [3.8, 4) is 5.75 Å². The van der Waals surface area contributed by atoms with Crippen molar-refractivity contribution in [2.24, 2.45) is 5.73 Å². The molecule has 0 heterocycles. The molecule has 0 aliphatic carbocycles. The van der Waals surface area contributed by atoms with Gasteiger partial charge in [0.2, 0.25) is 5.91 Å². The van der Waals surface area contributed by atoms with Gasteiger partial charge in [-0.05, 0) is 20.0 Å². The molecule has 4 nitrogen and oxygen atoms in total. The third-order valence-electron chi connectivity index (χ3n) is 2.48. The molecule has 0 fully saturated rings. The summed E-state index contributed by atoms with van der Waals surface area (Å²) in [5.41, 5.74) is 5.85. The van der Waals surface area contributed by atoms with Gasteiger partial charge < -0.3 is 15.8 Å². The van der Waals surface area contributed by atoms with E-state index in [0.717, 1.165) is 5.56 Å². The highest BCUT2D eigenvalue weighted by molar-refractivity contribution is 5.73. The van der Waals surface area contributed by atoms with Crippen LogP contribution in [0.15, 0.2) is 18.2 Å². The Balaban J connectivity index is 2.80. The van der Waals surface area contributed by atoms with Crippen LogP contribution in [0.4, 0.5) is 4.39 Å². The Morgan fingerprint density at radius 1 is 1.59 bits per heavy atom. The second-order valence-electron chi connectivity index (χ2n) is 3.76. The Morgan fingerprint density at radius 2 is 2.29 bits per heavy atom. The van der Waals surface area contributed by atoms with Gasteiger partial charge in [0, 0.05) is 17.7 Å². The summed E-state index contributed by atoms with van der Waals surface area (Å²) in [6.07, 6.45) is 0.115. The molecule has 1 aromatic rings. The highest BCUT2D eigenvalue weighted by Crippen LogP contribution is 2.25. The molecule has 1 atom stereocenters. The Hall–Kier alpha value is -1.62. The average Bonchev–Trinajstić information content (AvgIpc) is 2.28. The highest BCUT2D eigenvalue weighted by atomic mass is 19.1. The van der Waals surface area contributed by atoms with E-state index in [9.17, 15) is 9.18 Å². The minimum atomic E-state index is -0.440. The van der Waals surface area contributed by atoms with Gasteiger partial charge in [0.05, 0.1) is 13.0 Å². The summed E-state index contributed by atoms with van der Waals surface area (Å²) in [5, 5.41) is 3.05. The maximum absolute atomic E-state index is 13.1. The third kappa shape index (κ3) is 4.03. The number of nitrogens with one attached hydrogen (secondary N) is 1. The lowest BCUT2D eigenvalue weighted by atomic mass is 10.1. The number of nitrogens with two attached hydrogens (primary N) is 1. The van der Waals surface area contributed by atoms with Crippen molar-refractivity contribution in [1.29, 1.82) is 0 Å². The normalized spacial score (nSPS) is 12.2. The van der Waals surface area contributed by atoms with E-state index in [2.05, 4.69) is 5.32 Å². The number of carbonyl (C=O) groups excluding carboxylic acids is 1. The fraction of sp³-hybridized carbons (Fsp3) is 0.417. The third-order valence-corrected chi connectivity index (χ3v) is 2.48. The summed E-state index contributed by atoms with van der Waals surface area (Å²) < 4.78 is 18.5. The molecule has 0 radical (unpaired) electrons. The summed E-state index contributed by atoms with van der Waals surface area (Å²) in [5.74, 6) is -0.371. The Labute approximate surface area is 100.0 Å². The smallest absolute Gasteiger partial charge is 0.220 e. The van der Waals surface area contributed by atoms with Crippen LogP contribution < -0.4 is 15.8 Å². The molecule has 0 bridgehead atoms. The number of amides is 1. The topological polar surface area (TPSA) is 64.3 Å². The first-order chi connectivity index (χ1) is 8.04. The first-order valence-electron chi connectivity index (χ1n) is 5.42. The predicted molar refractivity (Wildman–Crippen MR) is 63.2 cm³/mol. The minimum absolute atomic E-state index is 0.0409.